The van der Waals surface area contributed by atoms with Crippen molar-refractivity contribution >= 4 is 17.6 Å². The van der Waals surface area contributed by atoms with Crippen molar-refractivity contribution in [1.29, 1.82) is 0 Å². The van der Waals surface area contributed by atoms with Crippen molar-refractivity contribution in [1.82, 2.24) is 0 Å². The highest BCUT2D eigenvalue weighted by Gasteiger charge is 2.52. The molecule has 2 aromatic carbocycles. The van der Waals surface area contributed by atoms with Crippen molar-refractivity contribution in [3.8, 4) is 5.75 Å². The minimum absolute atomic E-state index is 0.128. The highest BCUT2D eigenvalue weighted by Crippen LogP contribution is 2.62. The molecule has 4 saturated carbocycles. The number of carboxylic acids is 1. The van der Waals surface area contributed by atoms with E-state index in [1.807, 2.05) is 12.1 Å². The molecular formula is C34H45NO4. The van der Waals surface area contributed by atoms with E-state index < -0.39 is 5.97 Å². The van der Waals surface area contributed by atoms with Gasteiger partial charge in [-0.3, -0.25) is 4.79 Å². The van der Waals surface area contributed by atoms with Gasteiger partial charge in [0.2, 0.25) is 0 Å². The molecule has 2 N–H and O–H groups in total. The Labute approximate surface area is 233 Å². The van der Waals surface area contributed by atoms with E-state index in [4.69, 9.17) is 9.84 Å². The smallest absolute Gasteiger partial charge is 0.335 e. The number of amides is 1. The van der Waals surface area contributed by atoms with Gasteiger partial charge in [-0.05, 0) is 111 Å². The maximum absolute atomic E-state index is 13.3. The molecule has 0 radical (unpaired) electrons. The van der Waals surface area contributed by atoms with Crippen LogP contribution in [0.1, 0.15) is 123 Å². The van der Waals surface area contributed by atoms with Crippen LogP contribution in [0.15, 0.2) is 42.5 Å². The van der Waals surface area contributed by atoms with Crippen LogP contribution in [0.25, 0.3) is 0 Å². The molecule has 39 heavy (non-hydrogen) atoms. The fourth-order valence-corrected chi connectivity index (χ4v) is 7.97. The largest absolute Gasteiger partial charge is 0.493 e. The molecule has 2 aromatic rings. The molecule has 0 spiro atoms. The van der Waals surface area contributed by atoms with E-state index in [1.165, 1.54) is 101 Å². The van der Waals surface area contributed by atoms with Crippen LogP contribution in [0, 0.1) is 17.8 Å². The van der Waals surface area contributed by atoms with Gasteiger partial charge < -0.3 is 15.2 Å². The van der Waals surface area contributed by atoms with Crippen LogP contribution in [0.4, 0.5) is 5.69 Å². The molecule has 4 aliphatic rings. The number of anilines is 1. The lowest BCUT2D eigenvalue weighted by molar-refractivity contribution is -0.00641. The Hall–Kier alpha value is -2.82. The summed E-state index contributed by atoms with van der Waals surface area (Å²) in [4.78, 5) is 24.4. The number of carbonyl (C=O) groups is 2. The van der Waals surface area contributed by atoms with Crippen LogP contribution in [0.3, 0.4) is 0 Å². The molecule has 5 heteroatoms. The van der Waals surface area contributed by atoms with Gasteiger partial charge in [0.25, 0.3) is 5.91 Å². The number of hydrogen-bond donors (Lipinski definition) is 2. The highest BCUT2D eigenvalue weighted by atomic mass is 16.5. The lowest BCUT2D eigenvalue weighted by atomic mass is 9.48. The molecule has 0 heterocycles. The number of nitrogens with one attached hydrogen (secondary N) is 1. The van der Waals surface area contributed by atoms with Crippen LogP contribution in [0.5, 0.6) is 5.75 Å². The summed E-state index contributed by atoms with van der Waals surface area (Å²) in [6.07, 6.45) is 18.0. The Kier molecular flexibility index (Phi) is 8.94. The fourth-order valence-electron chi connectivity index (χ4n) is 7.97. The Morgan fingerprint density at radius 3 is 1.97 bits per heavy atom. The number of carbonyl (C=O) groups excluding carboxylic acids is 1. The van der Waals surface area contributed by atoms with Gasteiger partial charge in [-0.15, -0.1) is 0 Å². The number of hydrogen-bond acceptors (Lipinski definition) is 3. The number of aromatic carboxylic acids is 1. The maximum Gasteiger partial charge on any atom is 0.335 e. The second-order valence-electron chi connectivity index (χ2n) is 12.6. The first-order chi connectivity index (χ1) is 19.0. The summed E-state index contributed by atoms with van der Waals surface area (Å²) >= 11 is 0. The normalized spacial score (nSPS) is 25.0. The van der Waals surface area contributed by atoms with E-state index in [9.17, 15) is 9.59 Å². The van der Waals surface area contributed by atoms with Crippen molar-refractivity contribution in [3.63, 3.8) is 0 Å². The lowest BCUT2D eigenvalue weighted by Crippen LogP contribution is -2.48. The minimum Gasteiger partial charge on any atom is -0.493 e. The molecule has 0 unspecified atom stereocenters. The zero-order chi connectivity index (χ0) is 27.2. The van der Waals surface area contributed by atoms with E-state index in [0.29, 0.717) is 11.3 Å². The molecule has 0 aliphatic heterocycles. The summed E-state index contributed by atoms with van der Waals surface area (Å²) < 4.78 is 6.47. The standard InChI is InChI=1S/C34H45NO4/c1-2-3-4-5-6-7-8-9-16-39-31-15-12-28(32(36)35-29-13-10-27(11-14-29)33(37)38)20-30(31)34-21-24-17-25(22-34)19-26(18-24)23-34/h10-15,20,24-26H,2-9,16-19,21-23H2,1H3,(H,35,36)(H,37,38). The number of benzene rings is 2. The Morgan fingerprint density at radius 1 is 0.821 bits per heavy atom. The molecule has 210 valence electrons. The number of unbranched alkanes of at least 4 members (excludes halogenated alkanes) is 7. The van der Waals surface area contributed by atoms with Gasteiger partial charge in [0.05, 0.1) is 12.2 Å². The maximum atomic E-state index is 13.3. The topological polar surface area (TPSA) is 75.6 Å². The minimum atomic E-state index is -0.976. The molecule has 4 bridgehead atoms. The summed E-state index contributed by atoms with van der Waals surface area (Å²) in [7, 11) is 0. The average Bonchev–Trinajstić information content (AvgIpc) is 2.91. The fraction of sp³-hybridized carbons (Fsp3) is 0.588. The average molecular weight is 532 g/mol. The van der Waals surface area contributed by atoms with Gasteiger partial charge in [-0.1, -0.05) is 51.9 Å². The summed E-state index contributed by atoms with van der Waals surface area (Å²) in [6.45, 7) is 2.99. The van der Waals surface area contributed by atoms with Crippen molar-refractivity contribution in [2.24, 2.45) is 17.8 Å². The van der Waals surface area contributed by atoms with Gasteiger partial charge in [0, 0.05) is 16.8 Å². The van der Waals surface area contributed by atoms with Gasteiger partial charge in [0.1, 0.15) is 5.75 Å². The second-order valence-corrected chi connectivity index (χ2v) is 12.6. The quantitative estimate of drug-likeness (QED) is 0.239. The first-order valence-electron chi connectivity index (χ1n) is 15.4. The molecule has 4 aliphatic carbocycles. The monoisotopic (exact) mass is 531 g/mol. The lowest BCUT2D eigenvalue weighted by Gasteiger charge is -2.57. The van der Waals surface area contributed by atoms with E-state index in [1.54, 1.807) is 12.1 Å². The summed E-state index contributed by atoms with van der Waals surface area (Å²) in [5, 5.41) is 12.1. The molecule has 5 nitrogen and oxygen atoms in total. The predicted molar refractivity (Wildman–Crippen MR) is 156 cm³/mol. The first-order valence-corrected chi connectivity index (χ1v) is 15.4. The molecule has 6 rings (SSSR count). The van der Waals surface area contributed by atoms with E-state index in [2.05, 4.69) is 18.3 Å². The molecule has 4 fully saturated rings. The van der Waals surface area contributed by atoms with Crippen molar-refractivity contribution in [2.75, 3.05) is 11.9 Å². The number of carboxylic acid groups (broad SMARTS) is 1. The summed E-state index contributed by atoms with van der Waals surface area (Å²) in [6, 6.07) is 12.3. The van der Waals surface area contributed by atoms with E-state index >= 15 is 0 Å². The summed E-state index contributed by atoms with van der Waals surface area (Å²) in [5.74, 6) is 2.25. The Balaban J connectivity index is 1.28. The van der Waals surface area contributed by atoms with Crippen LogP contribution in [-0.4, -0.2) is 23.6 Å². The molecule has 0 saturated heterocycles. The highest BCUT2D eigenvalue weighted by molar-refractivity contribution is 6.04. The third-order valence-corrected chi connectivity index (χ3v) is 9.50. The number of ether oxygens (including phenoxy) is 1. The van der Waals surface area contributed by atoms with Gasteiger partial charge in [-0.2, -0.15) is 0 Å². The van der Waals surface area contributed by atoms with Crippen molar-refractivity contribution in [3.05, 3.63) is 59.2 Å². The van der Waals surface area contributed by atoms with Gasteiger partial charge in [-0.25, -0.2) is 4.79 Å². The zero-order valence-electron chi connectivity index (χ0n) is 23.6. The third-order valence-electron chi connectivity index (χ3n) is 9.50. The van der Waals surface area contributed by atoms with Crippen LogP contribution in [0.2, 0.25) is 0 Å². The Bertz CT molecular complexity index is 1100. The molecule has 1 amide bonds. The molecule has 0 aromatic heterocycles. The van der Waals surface area contributed by atoms with Crippen LogP contribution >= 0.6 is 0 Å². The summed E-state index contributed by atoms with van der Waals surface area (Å²) in [5.41, 5.74) is 2.81. The molecular weight excluding hydrogens is 486 g/mol. The van der Waals surface area contributed by atoms with Crippen LogP contribution < -0.4 is 10.1 Å². The Morgan fingerprint density at radius 2 is 1.38 bits per heavy atom. The van der Waals surface area contributed by atoms with E-state index in [0.717, 1.165) is 36.5 Å². The van der Waals surface area contributed by atoms with Gasteiger partial charge >= 0.3 is 5.97 Å². The SMILES string of the molecule is CCCCCCCCCCOc1ccc(C(=O)Nc2ccc(C(=O)O)cc2)cc1C12CC3CC(CC(C3)C1)C2. The number of rotatable bonds is 14. The van der Waals surface area contributed by atoms with E-state index in [-0.39, 0.29) is 16.9 Å². The first kappa shape index (κ1) is 27.7. The van der Waals surface area contributed by atoms with Crippen molar-refractivity contribution < 1.29 is 19.4 Å². The molecule has 0 atom stereocenters. The third kappa shape index (κ3) is 6.67. The predicted octanol–water partition coefficient (Wildman–Crippen LogP) is 8.62. The van der Waals surface area contributed by atoms with Crippen LogP contribution in [-0.2, 0) is 5.41 Å². The van der Waals surface area contributed by atoms with Crippen molar-refractivity contribution in [2.45, 2.75) is 102 Å². The zero-order valence-corrected chi connectivity index (χ0v) is 23.6. The van der Waals surface area contributed by atoms with Gasteiger partial charge in [0.15, 0.2) is 0 Å². The second kappa shape index (κ2) is 12.6.